The summed E-state index contributed by atoms with van der Waals surface area (Å²) >= 11 is 0. The summed E-state index contributed by atoms with van der Waals surface area (Å²) in [5, 5.41) is 6.09. The second-order valence-corrected chi connectivity index (χ2v) is 5.69. The van der Waals surface area contributed by atoms with Crippen molar-refractivity contribution in [3.8, 4) is 0 Å². The van der Waals surface area contributed by atoms with Gasteiger partial charge in [0.2, 0.25) is 11.8 Å². The van der Waals surface area contributed by atoms with Crippen molar-refractivity contribution in [2.45, 2.75) is 45.2 Å². The van der Waals surface area contributed by atoms with Gasteiger partial charge >= 0.3 is 0 Å². The molecule has 0 aromatic rings. The van der Waals surface area contributed by atoms with Crippen molar-refractivity contribution >= 4 is 11.8 Å². The van der Waals surface area contributed by atoms with Crippen LogP contribution in [0.1, 0.15) is 33.6 Å². The number of nitrogens with one attached hydrogen (secondary N) is 2. The molecule has 0 aromatic carbocycles. The van der Waals surface area contributed by atoms with Gasteiger partial charge in [-0.3, -0.25) is 9.59 Å². The average molecular weight is 241 g/mol. The summed E-state index contributed by atoms with van der Waals surface area (Å²) in [5.74, 6) is 0.180. The summed E-state index contributed by atoms with van der Waals surface area (Å²) < 4.78 is 0. The minimum atomic E-state index is -0.196. The smallest absolute Gasteiger partial charge is 0.234 e. The van der Waals surface area contributed by atoms with Crippen LogP contribution in [0.15, 0.2) is 0 Å². The lowest BCUT2D eigenvalue weighted by Crippen LogP contribution is -2.51. The van der Waals surface area contributed by atoms with Crippen LogP contribution < -0.4 is 10.6 Å². The molecule has 0 saturated carbocycles. The lowest BCUT2D eigenvalue weighted by molar-refractivity contribution is -0.132. The molecule has 1 unspecified atom stereocenters. The van der Waals surface area contributed by atoms with Crippen molar-refractivity contribution in [1.29, 1.82) is 0 Å². The predicted molar refractivity (Wildman–Crippen MR) is 66.6 cm³/mol. The largest absolute Gasteiger partial charge is 0.350 e. The van der Waals surface area contributed by atoms with Crippen LogP contribution in [0.5, 0.6) is 0 Å². The number of hydrogen-bond acceptors (Lipinski definition) is 3. The highest BCUT2D eigenvalue weighted by Gasteiger charge is 2.23. The van der Waals surface area contributed by atoms with Gasteiger partial charge in [-0.2, -0.15) is 0 Å². The highest BCUT2D eigenvalue weighted by molar-refractivity contribution is 5.79. The van der Waals surface area contributed by atoms with Crippen molar-refractivity contribution in [3.05, 3.63) is 0 Å². The van der Waals surface area contributed by atoms with Crippen molar-refractivity contribution in [1.82, 2.24) is 15.5 Å². The van der Waals surface area contributed by atoms with E-state index in [-0.39, 0.29) is 23.4 Å². The molecule has 2 N–H and O–H groups in total. The molecule has 98 valence electrons. The van der Waals surface area contributed by atoms with Gasteiger partial charge in [-0.25, -0.2) is 0 Å². The van der Waals surface area contributed by atoms with Crippen LogP contribution >= 0.6 is 0 Å². The van der Waals surface area contributed by atoms with E-state index in [4.69, 9.17) is 0 Å². The third kappa shape index (κ3) is 5.17. The minimum absolute atomic E-state index is 0.00273. The molecule has 0 aromatic heterocycles. The number of rotatable bonds is 3. The SMILES string of the molecule is CN1CC(NCC(=O)NC(C)(C)C)CCC1=O. The lowest BCUT2D eigenvalue weighted by atomic mass is 10.1. The third-order valence-corrected chi connectivity index (χ3v) is 2.69. The Kier molecular flexibility index (Phi) is 4.51. The number of carbonyl (C=O) groups excluding carboxylic acids is 2. The Hall–Kier alpha value is -1.10. The van der Waals surface area contributed by atoms with E-state index in [9.17, 15) is 9.59 Å². The first-order chi connectivity index (χ1) is 7.78. The first-order valence-electron chi connectivity index (χ1n) is 6.06. The predicted octanol–water partition coefficient (Wildman–Crippen LogP) is 0.111. The molecule has 2 amide bonds. The van der Waals surface area contributed by atoms with Crippen molar-refractivity contribution in [2.24, 2.45) is 0 Å². The molecule has 1 fully saturated rings. The number of hydrogen-bond donors (Lipinski definition) is 2. The molecule has 1 heterocycles. The summed E-state index contributed by atoms with van der Waals surface area (Å²) in [7, 11) is 1.80. The van der Waals surface area contributed by atoms with Gasteiger partial charge in [0.05, 0.1) is 6.54 Å². The molecule has 0 spiro atoms. The molecule has 1 saturated heterocycles. The molecule has 1 atom stereocenters. The Morgan fingerprint density at radius 2 is 2.12 bits per heavy atom. The zero-order valence-electron chi connectivity index (χ0n) is 11.2. The fourth-order valence-electron chi connectivity index (χ4n) is 1.88. The van der Waals surface area contributed by atoms with Gasteiger partial charge in [0.25, 0.3) is 0 Å². The van der Waals surface area contributed by atoms with Gasteiger partial charge in [-0.05, 0) is 27.2 Å². The summed E-state index contributed by atoms with van der Waals surface area (Å²) in [4.78, 5) is 24.6. The van der Waals surface area contributed by atoms with Crippen LogP contribution in [0, 0.1) is 0 Å². The highest BCUT2D eigenvalue weighted by atomic mass is 16.2. The molecule has 0 aliphatic carbocycles. The van der Waals surface area contributed by atoms with E-state index in [0.29, 0.717) is 19.5 Å². The molecule has 1 aliphatic heterocycles. The topological polar surface area (TPSA) is 61.4 Å². The molecule has 5 heteroatoms. The minimum Gasteiger partial charge on any atom is -0.350 e. The summed E-state index contributed by atoms with van der Waals surface area (Å²) in [5.41, 5.74) is -0.196. The zero-order valence-corrected chi connectivity index (χ0v) is 11.2. The number of carbonyl (C=O) groups is 2. The first-order valence-corrected chi connectivity index (χ1v) is 6.06. The van der Waals surface area contributed by atoms with Gasteiger partial charge in [-0.15, -0.1) is 0 Å². The highest BCUT2D eigenvalue weighted by Crippen LogP contribution is 2.09. The van der Waals surface area contributed by atoms with E-state index >= 15 is 0 Å². The van der Waals surface area contributed by atoms with Crippen LogP contribution in [0.25, 0.3) is 0 Å². The lowest BCUT2D eigenvalue weighted by Gasteiger charge is -2.30. The standard InChI is InChI=1S/C12H23N3O2/c1-12(2,3)14-10(16)7-13-9-5-6-11(17)15(4)8-9/h9,13H,5-8H2,1-4H3,(H,14,16). The van der Waals surface area contributed by atoms with E-state index in [0.717, 1.165) is 6.42 Å². The Balaban J connectivity index is 2.27. The number of likely N-dealkylation sites (tertiary alicyclic amines) is 1. The maximum absolute atomic E-state index is 11.6. The van der Waals surface area contributed by atoms with Gasteiger partial charge in [-0.1, -0.05) is 0 Å². The molecule has 5 nitrogen and oxygen atoms in total. The van der Waals surface area contributed by atoms with Crippen molar-refractivity contribution in [3.63, 3.8) is 0 Å². The van der Waals surface area contributed by atoms with E-state index < -0.39 is 0 Å². The van der Waals surface area contributed by atoms with E-state index in [1.54, 1.807) is 11.9 Å². The fourth-order valence-corrected chi connectivity index (χ4v) is 1.88. The summed E-state index contributed by atoms with van der Waals surface area (Å²) in [6.07, 6.45) is 1.38. The van der Waals surface area contributed by atoms with Crippen LogP contribution in [0.3, 0.4) is 0 Å². The number of nitrogens with zero attached hydrogens (tertiary/aromatic N) is 1. The Morgan fingerprint density at radius 1 is 1.47 bits per heavy atom. The Morgan fingerprint density at radius 3 is 2.65 bits per heavy atom. The first kappa shape index (κ1) is 14.0. The normalized spacial score (nSPS) is 21.5. The average Bonchev–Trinajstić information content (AvgIpc) is 2.17. The van der Waals surface area contributed by atoms with E-state index in [1.807, 2.05) is 20.8 Å². The molecular weight excluding hydrogens is 218 g/mol. The van der Waals surface area contributed by atoms with Crippen LogP contribution in [0.2, 0.25) is 0 Å². The van der Waals surface area contributed by atoms with Crippen LogP contribution in [-0.4, -0.2) is 48.4 Å². The second kappa shape index (κ2) is 5.49. The fraction of sp³-hybridized carbons (Fsp3) is 0.833. The van der Waals surface area contributed by atoms with Crippen molar-refractivity contribution < 1.29 is 9.59 Å². The molecule has 1 rings (SSSR count). The van der Waals surface area contributed by atoms with Gasteiger partial charge < -0.3 is 15.5 Å². The maximum atomic E-state index is 11.6. The van der Waals surface area contributed by atoms with Gasteiger partial charge in [0.15, 0.2) is 0 Å². The van der Waals surface area contributed by atoms with Crippen LogP contribution in [-0.2, 0) is 9.59 Å². The summed E-state index contributed by atoms with van der Waals surface area (Å²) in [6, 6.07) is 0.225. The van der Waals surface area contributed by atoms with Gasteiger partial charge in [0.1, 0.15) is 0 Å². The number of amides is 2. The monoisotopic (exact) mass is 241 g/mol. The van der Waals surface area contributed by atoms with E-state index in [2.05, 4.69) is 10.6 Å². The number of piperidine rings is 1. The third-order valence-electron chi connectivity index (χ3n) is 2.69. The van der Waals surface area contributed by atoms with Gasteiger partial charge in [0, 0.05) is 31.6 Å². The Labute approximate surface area is 103 Å². The number of likely N-dealkylation sites (N-methyl/N-ethyl adjacent to an activating group) is 1. The molecule has 17 heavy (non-hydrogen) atoms. The maximum Gasteiger partial charge on any atom is 0.234 e. The quantitative estimate of drug-likeness (QED) is 0.737. The molecular formula is C12H23N3O2. The van der Waals surface area contributed by atoms with Crippen molar-refractivity contribution in [2.75, 3.05) is 20.1 Å². The Bertz CT molecular complexity index is 297. The summed E-state index contributed by atoms with van der Waals surface area (Å²) in [6.45, 7) is 6.86. The molecule has 0 radical (unpaired) electrons. The molecule has 1 aliphatic rings. The molecule has 0 bridgehead atoms. The van der Waals surface area contributed by atoms with E-state index in [1.165, 1.54) is 0 Å². The second-order valence-electron chi connectivity index (χ2n) is 5.69. The zero-order chi connectivity index (χ0) is 13.1. The van der Waals surface area contributed by atoms with Crippen LogP contribution in [0.4, 0.5) is 0 Å².